The van der Waals surface area contributed by atoms with E-state index < -0.39 is 0 Å². The van der Waals surface area contributed by atoms with Crippen LogP contribution in [-0.2, 0) is 6.42 Å². The Morgan fingerprint density at radius 3 is 2.59 bits per heavy atom. The minimum Gasteiger partial charge on any atom is -0.319 e. The zero-order valence-corrected chi connectivity index (χ0v) is 11.4. The third-order valence-corrected chi connectivity index (χ3v) is 3.79. The minimum absolute atomic E-state index is 0.982. The molecule has 0 unspecified atom stereocenters. The van der Waals surface area contributed by atoms with Crippen molar-refractivity contribution in [2.45, 2.75) is 20.3 Å². The molecule has 1 aromatic carbocycles. The van der Waals surface area contributed by atoms with Gasteiger partial charge in [0.1, 0.15) is 5.01 Å². The molecule has 2 rings (SSSR count). The molecular formula is C14H18N2S. The van der Waals surface area contributed by atoms with Crippen molar-refractivity contribution in [2.24, 2.45) is 0 Å². The lowest BCUT2D eigenvalue weighted by Crippen LogP contribution is -2.10. The molecule has 0 fully saturated rings. The van der Waals surface area contributed by atoms with E-state index in [9.17, 15) is 0 Å². The topological polar surface area (TPSA) is 24.9 Å². The van der Waals surface area contributed by atoms with Crippen molar-refractivity contribution >= 4 is 11.3 Å². The van der Waals surface area contributed by atoms with Gasteiger partial charge >= 0.3 is 0 Å². The number of aromatic nitrogens is 1. The standard InChI is InChI=1S/C14H18N2S/c1-10-5-4-6-11(2)13(10)14-16-12(9-17-14)7-8-15-3/h4-6,9,15H,7-8H2,1-3H3. The average molecular weight is 246 g/mol. The molecule has 0 aliphatic carbocycles. The highest BCUT2D eigenvalue weighted by Gasteiger charge is 2.09. The maximum absolute atomic E-state index is 4.72. The van der Waals surface area contributed by atoms with Gasteiger partial charge in [0.15, 0.2) is 0 Å². The van der Waals surface area contributed by atoms with Crippen LogP contribution in [0.3, 0.4) is 0 Å². The molecule has 0 radical (unpaired) electrons. The average Bonchev–Trinajstić information content (AvgIpc) is 2.75. The molecule has 0 aliphatic rings. The second-order valence-corrected chi connectivity index (χ2v) is 5.12. The van der Waals surface area contributed by atoms with Crippen LogP contribution in [0.1, 0.15) is 16.8 Å². The van der Waals surface area contributed by atoms with Crippen LogP contribution in [0.15, 0.2) is 23.6 Å². The van der Waals surface area contributed by atoms with E-state index >= 15 is 0 Å². The van der Waals surface area contributed by atoms with Crippen LogP contribution in [0.4, 0.5) is 0 Å². The number of nitrogens with zero attached hydrogens (tertiary/aromatic N) is 1. The van der Waals surface area contributed by atoms with Crippen LogP contribution in [0.25, 0.3) is 10.6 Å². The van der Waals surface area contributed by atoms with Gasteiger partial charge in [-0.2, -0.15) is 0 Å². The zero-order valence-electron chi connectivity index (χ0n) is 10.6. The van der Waals surface area contributed by atoms with Crippen molar-refractivity contribution in [3.63, 3.8) is 0 Å². The Hall–Kier alpha value is -1.19. The molecule has 17 heavy (non-hydrogen) atoms. The molecule has 0 atom stereocenters. The first-order valence-electron chi connectivity index (χ1n) is 5.88. The van der Waals surface area contributed by atoms with E-state index in [1.54, 1.807) is 11.3 Å². The van der Waals surface area contributed by atoms with Gasteiger partial charge in [-0.25, -0.2) is 4.98 Å². The maximum atomic E-state index is 4.72. The Bertz CT molecular complexity index is 482. The van der Waals surface area contributed by atoms with E-state index in [1.807, 2.05) is 7.05 Å². The van der Waals surface area contributed by atoms with Gasteiger partial charge in [0.2, 0.25) is 0 Å². The first kappa shape index (κ1) is 12.3. The van der Waals surface area contributed by atoms with Crippen LogP contribution >= 0.6 is 11.3 Å². The highest BCUT2D eigenvalue weighted by molar-refractivity contribution is 7.13. The number of hydrogen-bond acceptors (Lipinski definition) is 3. The van der Waals surface area contributed by atoms with Gasteiger partial charge < -0.3 is 5.32 Å². The SMILES string of the molecule is CNCCc1csc(-c2c(C)cccc2C)n1. The Balaban J connectivity index is 2.30. The van der Waals surface area contributed by atoms with E-state index in [-0.39, 0.29) is 0 Å². The fraction of sp³-hybridized carbons (Fsp3) is 0.357. The van der Waals surface area contributed by atoms with Gasteiger partial charge in [0.05, 0.1) is 5.69 Å². The van der Waals surface area contributed by atoms with E-state index in [0.29, 0.717) is 0 Å². The lowest BCUT2D eigenvalue weighted by Gasteiger charge is -2.05. The molecule has 0 amide bonds. The number of aryl methyl sites for hydroxylation is 2. The Kier molecular flexibility index (Phi) is 3.92. The van der Waals surface area contributed by atoms with E-state index in [0.717, 1.165) is 18.0 Å². The van der Waals surface area contributed by atoms with Crippen molar-refractivity contribution in [3.8, 4) is 10.6 Å². The lowest BCUT2D eigenvalue weighted by molar-refractivity contribution is 0.780. The summed E-state index contributed by atoms with van der Waals surface area (Å²) in [5, 5.41) is 6.46. The number of benzene rings is 1. The highest BCUT2D eigenvalue weighted by atomic mass is 32.1. The van der Waals surface area contributed by atoms with Gasteiger partial charge in [0.25, 0.3) is 0 Å². The number of likely N-dealkylation sites (N-methyl/N-ethyl adjacent to an activating group) is 1. The van der Waals surface area contributed by atoms with Crippen LogP contribution in [0, 0.1) is 13.8 Å². The monoisotopic (exact) mass is 246 g/mol. The molecule has 2 nitrogen and oxygen atoms in total. The molecule has 0 saturated heterocycles. The molecule has 3 heteroatoms. The van der Waals surface area contributed by atoms with E-state index in [2.05, 4.69) is 42.7 Å². The number of thiazole rings is 1. The summed E-state index contributed by atoms with van der Waals surface area (Å²) in [7, 11) is 1.97. The third kappa shape index (κ3) is 2.73. The molecule has 0 spiro atoms. The second kappa shape index (κ2) is 5.43. The normalized spacial score (nSPS) is 10.8. The predicted molar refractivity (Wildman–Crippen MR) is 74.7 cm³/mol. The molecule has 90 valence electrons. The number of rotatable bonds is 4. The van der Waals surface area contributed by atoms with Crippen molar-refractivity contribution in [3.05, 3.63) is 40.4 Å². The van der Waals surface area contributed by atoms with Crippen LogP contribution in [0.2, 0.25) is 0 Å². The van der Waals surface area contributed by atoms with Crippen LogP contribution in [-0.4, -0.2) is 18.6 Å². The third-order valence-electron chi connectivity index (χ3n) is 2.88. The second-order valence-electron chi connectivity index (χ2n) is 4.26. The lowest BCUT2D eigenvalue weighted by atomic mass is 10.0. The molecule has 1 N–H and O–H groups in total. The summed E-state index contributed by atoms with van der Waals surface area (Å²) in [6, 6.07) is 6.40. The summed E-state index contributed by atoms with van der Waals surface area (Å²) < 4.78 is 0. The fourth-order valence-electron chi connectivity index (χ4n) is 1.94. The molecule has 1 aromatic heterocycles. The molecule has 0 bridgehead atoms. The highest BCUT2D eigenvalue weighted by Crippen LogP contribution is 2.29. The summed E-state index contributed by atoms with van der Waals surface area (Å²) >= 11 is 1.74. The molecular weight excluding hydrogens is 228 g/mol. The molecule has 2 aromatic rings. The summed E-state index contributed by atoms with van der Waals surface area (Å²) in [4.78, 5) is 4.72. The quantitative estimate of drug-likeness (QED) is 0.896. The molecule has 0 aliphatic heterocycles. The molecule has 1 heterocycles. The van der Waals surface area contributed by atoms with Gasteiger partial charge in [-0.1, -0.05) is 18.2 Å². The van der Waals surface area contributed by atoms with Gasteiger partial charge in [0, 0.05) is 23.9 Å². The summed E-state index contributed by atoms with van der Waals surface area (Å²) in [6.07, 6.45) is 0.998. The summed E-state index contributed by atoms with van der Waals surface area (Å²) in [5.74, 6) is 0. The minimum atomic E-state index is 0.982. The summed E-state index contributed by atoms with van der Waals surface area (Å²) in [6.45, 7) is 5.28. The van der Waals surface area contributed by atoms with Crippen LogP contribution in [0.5, 0.6) is 0 Å². The Labute approximate surface area is 107 Å². The smallest absolute Gasteiger partial charge is 0.124 e. The van der Waals surface area contributed by atoms with Crippen LogP contribution < -0.4 is 5.32 Å². The maximum Gasteiger partial charge on any atom is 0.124 e. The fourth-order valence-corrected chi connectivity index (χ4v) is 2.97. The molecule has 0 saturated carbocycles. The van der Waals surface area contributed by atoms with Crippen molar-refractivity contribution in [2.75, 3.05) is 13.6 Å². The van der Waals surface area contributed by atoms with Crippen molar-refractivity contribution < 1.29 is 0 Å². The Morgan fingerprint density at radius 2 is 1.94 bits per heavy atom. The first-order chi connectivity index (χ1) is 8.22. The Morgan fingerprint density at radius 1 is 1.24 bits per heavy atom. The predicted octanol–water partition coefficient (Wildman–Crippen LogP) is 3.19. The number of hydrogen-bond donors (Lipinski definition) is 1. The summed E-state index contributed by atoms with van der Waals surface area (Å²) in [5.41, 5.74) is 5.09. The first-order valence-corrected chi connectivity index (χ1v) is 6.76. The van der Waals surface area contributed by atoms with E-state index in [4.69, 9.17) is 4.98 Å². The van der Waals surface area contributed by atoms with E-state index in [1.165, 1.54) is 22.4 Å². The zero-order chi connectivity index (χ0) is 12.3. The largest absolute Gasteiger partial charge is 0.319 e. The van der Waals surface area contributed by atoms with Crippen molar-refractivity contribution in [1.82, 2.24) is 10.3 Å². The number of nitrogens with one attached hydrogen (secondary N) is 1. The van der Waals surface area contributed by atoms with Gasteiger partial charge in [-0.15, -0.1) is 11.3 Å². The van der Waals surface area contributed by atoms with Gasteiger partial charge in [-0.3, -0.25) is 0 Å². The van der Waals surface area contributed by atoms with Crippen molar-refractivity contribution in [1.29, 1.82) is 0 Å². The van der Waals surface area contributed by atoms with Gasteiger partial charge in [-0.05, 0) is 32.0 Å².